The lowest BCUT2D eigenvalue weighted by atomic mass is 10.1. The van der Waals surface area contributed by atoms with E-state index in [1.165, 1.54) is 11.1 Å². The van der Waals surface area contributed by atoms with Gasteiger partial charge in [0, 0.05) is 42.9 Å². The second-order valence-corrected chi connectivity index (χ2v) is 5.91. The van der Waals surface area contributed by atoms with Crippen LogP contribution in [0.15, 0.2) is 52.1 Å². The van der Waals surface area contributed by atoms with Gasteiger partial charge in [0.1, 0.15) is 0 Å². The molecule has 0 bridgehead atoms. The van der Waals surface area contributed by atoms with Gasteiger partial charge in [-0.3, -0.25) is 9.98 Å². The molecule has 116 valence electrons. The average Bonchev–Trinajstić information content (AvgIpc) is 2.53. The van der Waals surface area contributed by atoms with Crippen molar-refractivity contribution in [1.29, 1.82) is 0 Å². The summed E-state index contributed by atoms with van der Waals surface area (Å²) < 4.78 is 1.10. The van der Waals surface area contributed by atoms with Crippen molar-refractivity contribution in [2.75, 3.05) is 13.6 Å². The Balaban J connectivity index is 1.80. The van der Waals surface area contributed by atoms with Crippen LogP contribution in [0.2, 0.25) is 0 Å². The number of nitrogens with one attached hydrogen (secondary N) is 2. The second kappa shape index (κ2) is 8.54. The third-order valence-electron chi connectivity index (χ3n) is 3.37. The van der Waals surface area contributed by atoms with E-state index in [4.69, 9.17) is 0 Å². The molecule has 1 aromatic carbocycles. The van der Waals surface area contributed by atoms with Crippen molar-refractivity contribution in [1.82, 2.24) is 15.6 Å². The van der Waals surface area contributed by atoms with E-state index in [1.54, 1.807) is 7.05 Å². The standard InChI is InChI=1S/C17H21BrN4/c1-13-11-15(18)7-6-14(13)12-22-17(19-2)21-10-8-16-5-3-4-9-20-16/h3-7,9,11H,8,10,12H2,1-2H3,(H2,19,21,22). The third-order valence-corrected chi connectivity index (χ3v) is 3.87. The van der Waals surface area contributed by atoms with Gasteiger partial charge in [0.15, 0.2) is 5.96 Å². The van der Waals surface area contributed by atoms with Gasteiger partial charge >= 0.3 is 0 Å². The predicted octanol–water partition coefficient (Wildman–Crippen LogP) is 3.06. The molecule has 0 amide bonds. The number of guanidine groups is 1. The molecular weight excluding hydrogens is 340 g/mol. The molecule has 0 spiro atoms. The van der Waals surface area contributed by atoms with Crippen molar-refractivity contribution >= 4 is 21.9 Å². The fourth-order valence-corrected chi connectivity index (χ4v) is 2.59. The number of hydrogen-bond acceptors (Lipinski definition) is 2. The van der Waals surface area contributed by atoms with Crippen LogP contribution < -0.4 is 10.6 Å². The number of benzene rings is 1. The monoisotopic (exact) mass is 360 g/mol. The maximum Gasteiger partial charge on any atom is 0.191 e. The lowest BCUT2D eigenvalue weighted by Gasteiger charge is -2.13. The van der Waals surface area contributed by atoms with Crippen LogP contribution >= 0.6 is 15.9 Å². The first-order valence-electron chi connectivity index (χ1n) is 7.28. The summed E-state index contributed by atoms with van der Waals surface area (Å²) in [5.74, 6) is 0.804. The average molecular weight is 361 g/mol. The van der Waals surface area contributed by atoms with Crippen molar-refractivity contribution < 1.29 is 0 Å². The van der Waals surface area contributed by atoms with Crippen LogP contribution in [0.4, 0.5) is 0 Å². The van der Waals surface area contributed by atoms with Crippen LogP contribution in [0, 0.1) is 6.92 Å². The van der Waals surface area contributed by atoms with Crippen LogP contribution in [-0.2, 0) is 13.0 Å². The summed E-state index contributed by atoms with van der Waals surface area (Å²) >= 11 is 3.48. The largest absolute Gasteiger partial charge is 0.356 e. The van der Waals surface area contributed by atoms with Crippen molar-refractivity contribution in [2.24, 2.45) is 4.99 Å². The Labute approximate surface area is 140 Å². The molecule has 1 aromatic heterocycles. The summed E-state index contributed by atoms with van der Waals surface area (Å²) in [6.07, 6.45) is 2.69. The third kappa shape index (κ3) is 5.15. The van der Waals surface area contributed by atoms with Crippen molar-refractivity contribution in [2.45, 2.75) is 19.9 Å². The van der Waals surface area contributed by atoms with Crippen molar-refractivity contribution in [3.63, 3.8) is 0 Å². The highest BCUT2D eigenvalue weighted by atomic mass is 79.9. The summed E-state index contributed by atoms with van der Waals surface area (Å²) in [5, 5.41) is 6.64. The van der Waals surface area contributed by atoms with Gasteiger partial charge in [0.25, 0.3) is 0 Å². The Morgan fingerprint density at radius 3 is 2.77 bits per heavy atom. The van der Waals surface area contributed by atoms with Gasteiger partial charge in [-0.1, -0.05) is 28.1 Å². The molecule has 22 heavy (non-hydrogen) atoms. The van der Waals surface area contributed by atoms with Gasteiger partial charge in [-0.05, 0) is 42.3 Å². The molecule has 0 saturated carbocycles. The summed E-state index contributed by atoms with van der Waals surface area (Å²) in [6, 6.07) is 12.3. The number of aryl methyl sites for hydroxylation is 1. The molecule has 0 aliphatic rings. The Morgan fingerprint density at radius 2 is 2.09 bits per heavy atom. The highest BCUT2D eigenvalue weighted by Crippen LogP contribution is 2.15. The van der Waals surface area contributed by atoms with Crippen LogP contribution in [0.1, 0.15) is 16.8 Å². The summed E-state index contributed by atoms with van der Waals surface area (Å²) in [7, 11) is 1.78. The minimum Gasteiger partial charge on any atom is -0.356 e. The Bertz CT molecular complexity index is 626. The molecule has 0 fully saturated rings. The lowest BCUT2D eigenvalue weighted by molar-refractivity contribution is 0.782. The van der Waals surface area contributed by atoms with Gasteiger partial charge in [0.2, 0.25) is 0 Å². The zero-order chi connectivity index (χ0) is 15.8. The van der Waals surface area contributed by atoms with E-state index in [0.717, 1.165) is 35.6 Å². The highest BCUT2D eigenvalue weighted by molar-refractivity contribution is 9.10. The SMILES string of the molecule is CN=C(NCCc1ccccn1)NCc1ccc(Br)cc1C. The zero-order valence-electron chi connectivity index (χ0n) is 12.9. The number of halogens is 1. The molecule has 0 unspecified atom stereocenters. The zero-order valence-corrected chi connectivity index (χ0v) is 14.5. The lowest BCUT2D eigenvalue weighted by Crippen LogP contribution is -2.38. The Kier molecular flexibility index (Phi) is 6.40. The molecular formula is C17H21BrN4. The molecule has 2 aromatic rings. The summed E-state index contributed by atoms with van der Waals surface area (Å²) in [5.41, 5.74) is 3.59. The molecule has 0 aliphatic carbocycles. The molecule has 5 heteroatoms. The highest BCUT2D eigenvalue weighted by Gasteiger charge is 2.02. The van der Waals surface area contributed by atoms with E-state index in [9.17, 15) is 0 Å². The summed E-state index contributed by atoms with van der Waals surface area (Å²) in [6.45, 7) is 3.66. The first-order chi connectivity index (χ1) is 10.7. The number of aliphatic imine (C=N–C) groups is 1. The molecule has 2 N–H and O–H groups in total. The fraction of sp³-hybridized carbons (Fsp3) is 0.294. The van der Waals surface area contributed by atoms with Crippen molar-refractivity contribution in [3.8, 4) is 0 Å². The van der Waals surface area contributed by atoms with E-state index in [-0.39, 0.29) is 0 Å². The molecule has 0 atom stereocenters. The van der Waals surface area contributed by atoms with Crippen molar-refractivity contribution in [3.05, 3.63) is 63.9 Å². The predicted molar refractivity (Wildman–Crippen MR) is 95.0 cm³/mol. The molecule has 0 saturated heterocycles. The molecule has 1 heterocycles. The van der Waals surface area contributed by atoms with Gasteiger partial charge < -0.3 is 10.6 Å². The van der Waals surface area contributed by atoms with E-state index < -0.39 is 0 Å². The summed E-state index contributed by atoms with van der Waals surface area (Å²) in [4.78, 5) is 8.56. The number of pyridine rings is 1. The topological polar surface area (TPSA) is 49.3 Å². The smallest absolute Gasteiger partial charge is 0.191 e. The number of nitrogens with zero attached hydrogens (tertiary/aromatic N) is 2. The minimum absolute atomic E-state index is 0.752. The van der Waals surface area contributed by atoms with Crippen LogP contribution in [-0.4, -0.2) is 24.5 Å². The molecule has 4 nitrogen and oxygen atoms in total. The number of hydrogen-bond donors (Lipinski definition) is 2. The van der Waals surface area contributed by atoms with E-state index in [2.05, 4.69) is 61.7 Å². The van der Waals surface area contributed by atoms with Crippen LogP contribution in [0.3, 0.4) is 0 Å². The maximum atomic E-state index is 4.31. The van der Waals surface area contributed by atoms with Gasteiger partial charge in [-0.15, -0.1) is 0 Å². The van der Waals surface area contributed by atoms with E-state index >= 15 is 0 Å². The maximum absolute atomic E-state index is 4.31. The minimum atomic E-state index is 0.752. The van der Waals surface area contributed by atoms with Gasteiger partial charge in [-0.2, -0.15) is 0 Å². The normalized spacial score (nSPS) is 11.3. The van der Waals surface area contributed by atoms with Crippen LogP contribution in [0.25, 0.3) is 0 Å². The van der Waals surface area contributed by atoms with Crippen LogP contribution in [0.5, 0.6) is 0 Å². The van der Waals surface area contributed by atoms with Gasteiger partial charge in [0.05, 0.1) is 0 Å². The first-order valence-corrected chi connectivity index (χ1v) is 8.08. The Hall–Kier alpha value is -1.88. The quantitative estimate of drug-likeness (QED) is 0.636. The second-order valence-electron chi connectivity index (χ2n) is 4.99. The van der Waals surface area contributed by atoms with E-state index in [0.29, 0.717) is 0 Å². The number of rotatable bonds is 5. The fourth-order valence-electron chi connectivity index (χ4n) is 2.11. The Morgan fingerprint density at radius 1 is 1.23 bits per heavy atom. The number of aromatic nitrogens is 1. The van der Waals surface area contributed by atoms with E-state index in [1.807, 2.05) is 24.4 Å². The molecule has 0 radical (unpaired) electrons. The first kappa shape index (κ1) is 16.5. The molecule has 2 rings (SSSR count). The van der Waals surface area contributed by atoms with Gasteiger partial charge in [-0.25, -0.2) is 0 Å². The molecule has 0 aliphatic heterocycles.